The fourth-order valence-corrected chi connectivity index (χ4v) is 3.73. The number of hydrogen-bond donors (Lipinski definition) is 2. The molecule has 0 radical (unpaired) electrons. The van der Waals surface area contributed by atoms with Crippen LogP contribution in [0.3, 0.4) is 0 Å². The van der Waals surface area contributed by atoms with Crippen LogP contribution >= 0.6 is 0 Å². The zero-order valence-electron chi connectivity index (χ0n) is 15.4. The van der Waals surface area contributed by atoms with Crippen LogP contribution in [0, 0.1) is 18.6 Å². The molecule has 1 fully saturated rings. The fourth-order valence-electron chi connectivity index (χ4n) is 3.73. The van der Waals surface area contributed by atoms with Gasteiger partial charge in [0.1, 0.15) is 17.4 Å². The maximum absolute atomic E-state index is 14.4. The van der Waals surface area contributed by atoms with Gasteiger partial charge < -0.3 is 15.2 Å². The molecule has 3 rings (SSSR count). The molecule has 0 saturated heterocycles. The number of aliphatic carboxylic acids is 1. The lowest BCUT2D eigenvalue weighted by atomic mass is 9.77. The van der Waals surface area contributed by atoms with Crippen molar-refractivity contribution in [3.8, 4) is 5.75 Å². The molecule has 0 spiro atoms. The highest BCUT2D eigenvalue weighted by Gasteiger charge is 2.44. The number of carboxylic acid groups (broad SMARTS) is 1. The molecule has 1 aliphatic carbocycles. The predicted molar refractivity (Wildman–Crippen MR) is 99.4 cm³/mol. The summed E-state index contributed by atoms with van der Waals surface area (Å²) < 4.78 is 32.9. The molecule has 148 valence electrons. The first-order valence-electron chi connectivity index (χ1n) is 9.04. The number of aryl methyl sites for hydroxylation is 1. The highest BCUT2D eigenvalue weighted by atomic mass is 19.1. The van der Waals surface area contributed by atoms with Crippen LogP contribution in [0.15, 0.2) is 36.4 Å². The number of anilines is 1. The highest BCUT2D eigenvalue weighted by molar-refractivity contribution is 6.00. The lowest BCUT2D eigenvalue weighted by molar-refractivity contribution is -0.139. The summed E-state index contributed by atoms with van der Waals surface area (Å²) in [6.45, 7) is 1.29. The Labute approximate surface area is 161 Å². The molecule has 0 unspecified atom stereocenters. The fraction of sp³-hybridized carbons (Fsp3) is 0.333. The number of halogens is 2. The molecule has 0 aliphatic heterocycles. The van der Waals surface area contributed by atoms with E-state index in [2.05, 4.69) is 5.32 Å². The molecule has 0 heterocycles. The van der Waals surface area contributed by atoms with Crippen LogP contribution in [0.5, 0.6) is 5.75 Å². The van der Waals surface area contributed by atoms with E-state index in [1.165, 1.54) is 12.1 Å². The Morgan fingerprint density at radius 3 is 2.46 bits per heavy atom. The van der Waals surface area contributed by atoms with Crippen molar-refractivity contribution in [2.24, 2.45) is 0 Å². The summed E-state index contributed by atoms with van der Waals surface area (Å²) in [5.41, 5.74) is 0.385. The first kappa shape index (κ1) is 19.8. The van der Waals surface area contributed by atoms with Gasteiger partial charge in [-0.3, -0.25) is 4.79 Å². The Morgan fingerprint density at radius 2 is 1.86 bits per heavy atom. The quantitative estimate of drug-likeness (QED) is 0.777. The lowest BCUT2D eigenvalue weighted by Gasteiger charge is -2.29. The average Bonchev–Trinajstić information content (AvgIpc) is 3.12. The third-order valence-electron chi connectivity index (χ3n) is 5.15. The Balaban J connectivity index is 1.84. The molecule has 0 bridgehead atoms. The summed E-state index contributed by atoms with van der Waals surface area (Å²) >= 11 is 0. The van der Waals surface area contributed by atoms with E-state index in [1.54, 1.807) is 25.1 Å². The molecular formula is C21H21F2NO4. The summed E-state index contributed by atoms with van der Waals surface area (Å²) in [4.78, 5) is 23.7. The number of nitrogens with one attached hydrogen (secondary N) is 1. The van der Waals surface area contributed by atoms with Gasteiger partial charge in [0.25, 0.3) is 0 Å². The SMILES string of the molecule is Cc1cc(OCC(=O)O)ccc1NC(=O)C1(c2ccc(F)cc2F)CCCC1. The topological polar surface area (TPSA) is 75.6 Å². The van der Waals surface area contributed by atoms with E-state index in [-0.39, 0.29) is 11.5 Å². The van der Waals surface area contributed by atoms with Crippen molar-refractivity contribution in [1.82, 2.24) is 0 Å². The maximum Gasteiger partial charge on any atom is 0.341 e. The Kier molecular flexibility index (Phi) is 5.63. The minimum Gasteiger partial charge on any atom is -0.482 e. The zero-order chi connectivity index (χ0) is 20.3. The van der Waals surface area contributed by atoms with Crippen LogP contribution in [0.2, 0.25) is 0 Å². The second kappa shape index (κ2) is 7.96. The number of ether oxygens (including phenoxy) is 1. The van der Waals surface area contributed by atoms with Crippen molar-refractivity contribution in [3.63, 3.8) is 0 Å². The van der Waals surface area contributed by atoms with Gasteiger partial charge in [-0.1, -0.05) is 18.9 Å². The number of carbonyl (C=O) groups excluding carboxylic acids is 1. The van der Waals surface area contributed by atoms with Gasteiger partial charge in [-0.05, 0) is 49.6 Å². The van der Waals surface area contributed by atoms with Crippen LogP contribution in [0.25, 0.3) is 0 Å². The van der Waals surface area contributed by atoms with Gasteiger partial charge in [0, 0.05) is 17.3 Å². The molecular weight excluding hydrogens is 368 g/mol. The molecule has 7 heteroatoms. The van der Waals surface area contributed by atoms with Crippen molar-refractivity contribution in [2.75, 3.05) is 11.9 Å². The number of hydrogen-bond acceptors (Lipinski definition) is 3. The average molecular weight is 389 g/mol. The van der Waals surface area contributed by atoms with Crippen LogP contribution in [-0.4, -0.2) is 23.6 Å². The summed E-state index contributed by atoms with van der Waals surface area (Å²) in [6, 6.07) is 8.14. The van der Waals surface area contributed by atoms with E-state index in [0.29, 0.717) is 29.8 Å². The van der Waals surface area contributed by atoms with Crippen molar-refractivity contribution in [1.29, 1.82) is 0 Å². The molecule has 5 nitrogen and oxygen atoms in total. The molecule has 1 aliphatic rings. The normalized spacial score (nSPS) is 15.2. The van der Waals surface area contributed by atoms with Crippen LogP contribution < -0.4 is 10.1 Å². The number of carboxylic acids is 1. The first-order valence-corrected chi connectivity index (χ1v) is 9.04. The van der Waals surface area contributed by atoms with E-state index in [0.717, 1.165) is 18.9 Å². The molecule has 1 saturated carbocycles. The van der Waals surface area contributed by atoms with Gasteiger partial charge in [-0.2, -0.15) is 0 Å². The van der Waals surface area contributed by atoms with Gasteiger partial charge >= 0.3 is 5.97 Å². The van der Waals surface area contributed by atoms with E-state index < -0.39 is 29.6 Å². The molecule has 2 aromatic rings. The van der Waals surface area contributed by atoms with Crippen molar-refractivity contribution >= 4 is 17.6 Å². The van der Waals surface area contributed by atoms with Crippen LogP contribution in [0.1, 0.15) is 36.8 Å². The number of amides is 1. The van der Waals surface area contributed by atoms with Gasteiger partial charge in [0.15, 0.2) is 6.61 Å². The molecule has 28 heavy (non-hydrogen) atoms. The minimum absolute atomic E-state index is 0.211. The maximum atomic E-state index is 14.4. The van der Waals surface area contributed by atoms with Gasteiger partial charge in [-0.25, -0.2) is 13.6 Å². The Hall–Kier alpha value is -2.96. The van der Waals surface area contributed by atoms with Gasteiger partial charge in [0.05, 0.1) is 5.41 Å². The molecule has 1 amide bonds. The summed E-state index contributed by atoms with van der Waals surface area (Å²) in [6.07, 6.45) is 2.54. The number of carbonyl (C=O) groups is 2. The van der Waals surface area contributed by atoms with Crippen LogP contribution in [0.4, 0.5) is 14.5 Å². The largest absolute Gasteiger partial charge is 0.482 e. The minimum atomic E-state index is -1.08. The second-order valence-electron chi connectivity index (χ2n) is 7.03. The third kappa shape index (κ3) is 3.98. The molecule has 2 aromatic carbocycles. The van der Waals surface area contributed by atoms with E-state index in [1.807, 2.05) is 0 Å². The molecule has 0 aromatic heterocycles. The third-order valence-corrected chi connectivity index (χ3v) is 5.15. The van der Waals surface area contributed by atoms with E-state index in [4.69, 9.17) is 9.84 Å². The molecule has 0 atom stereocenters. The Morgan fingerprint density at radius 1 is 1.14 bits per heavy atom. The summed E-state index contributed by atoms with van der Waals surface area (Å²) in [5, 5.41) is 11.5. The summed E-state index contributed by atoms with van der Waals surface area (Å²) in [5.74, 6) is -2.44. The first-order chi connectivity index (χ1) is 13.3. The number of benzene rings is 2. The van der Waals surface area contributed by atoms with Crippen LogP contribution in [-0.2, 0) is 15.0 Å². The van der Waals surface area contributed by atoms with Crippen molar-refractivity contribution in [3.05, 3.63) is 59.2 Å². The lowest BCUT2D eigenvalue weighted by Crippen LogP contribution is -2.39. The van der Waals surface area contributed by atoms with Gasteiger partial charge in [0.2, 0.25) is 5.91 Å². The number of rotatable bonds is 6. The predicted octanol–water partition coefficient (Wildman–Crippen LogP) is 4.19. The standard InChI is InChI=1S/C21H21F2NO4/c1-13-10-15(28-12-19(25)26)5-7-18(13)24-20(27)21(8-2-3-9-21)16-6-4-14(22)11-17(16)23/h4-7,10-11H,2-3,8-9,12H2,1H3,(H,24,27)(H,25,26). The van der Waals surface area contributed by atoms with E-state index in [9.17, 15) is 18.4 Å². The van der Waals surface area contributed by atoms with Crippen molar-refractivity contribution < 1.29 is 28.2 Å². The monoisotopic (exact) mass is 389 g/mol. The highest BCUT2D eigenvalue weighted by Crippen LogP contribution is 2.43. The van der Waals surface area contributed by atoms with Gasteiger partial charge in [-0.15, -0.1) is 0 Å². The van der Waals surface area contributed by atoms with E-state index >= 15 is 0 Å². The zero-order valence-corrected chi connectivity index (χ0v) is 15.4. The smallest absolute Gasteiger partial charge is 0.341 e. The second-order valence-corrected chi connectivity index (χ2v) is 7.03. The summed E-state index contributed by atoms with van der Waals surface area (Å²) in [7, 11) is 0. The van der Waals surface area contributed by atoms with Crippen molar-refractivity contribution in [2.45, 2.75) is 38.0 Å². The Bertz CT molecular complexity index is 907. The molecule has 2 N–H and O–H groups in total.